The molecule has 0 aliphatic rings. The minimum atomic E-state index is -0.413. The van der Waals surface area contributed by atoms with Gasteiger partial charge in [0.1, 0.15) is 5.75 Å². The fourth-order valence-corrected chi connectivity index (χ4v) is 2.08. The Morgan fingerprint density at radius 3 is 2.59 bits per heavy atom. The van der Waals surface area contributed by atoms with Gasteiger partial charge in [-0.1, -0.05) is 12.1 Å². The summed E-state index contributed by atoms with van der Waals surface area (Å²) in [4.78, 5) is 10.8. The first-order valence-corrected chi connectivity index (χ1v) is 6.73. The van der Waals surface area contributed by atoms with Crippen LogP contribution in [0.1, 0.15) is 12.5 Å². The van der Waals surface area contributed by atoms with Gasteiger partial charge < -0.3 is 4.74 Å². The number of nitro groups is 1. The Balaban J connectivity index is 2.48. The van der Waals surface area contributed by atoms with Crippen molar-refractivity contribution in [2.45, 2.75) is 6.92 Å². The van der Waals surface area contributed by atoms with Crippen LogP contribution in [0.2, 0.25) is 0 Å². The molecule has 2 aromatic rings. The first kappa shape index (κ1) is 15.3. The van der Waals surface area contributed by atoms with E-state index in [9.17, 15) is 10.1 Å². The van der Waals surface area contributed by atoms with E-state index in [4.69, 9.17) is 10.00 Å². The summed E-state index contributed by atoms with van der Waals surface area (Å²) in [6.07, 6.45) is 2.95. The van der Waals surface area contributed by atoms with Crippen molar-refractivity contribution in [1.29, 1.82) is 5.26 Å². The summed E-state index contributed by atoms with van der Waals surface area (Å²) < 4.78 is 5.37. The predicted molar refractivity (Wildman–Crippen MR) is 84.3 cm³/mol. The van der Waals surface area contributed by atoms with Crippen molar-refractivity contribution in [3.8, 4) is 22.9 Å². The summed E-state index contributed by atoms with van der Waals surface area (Å²) in [6.45, 7) is 2.46. The third-order valence-corrected chi connectivity index (χ3v) is 3.04. The molecule has 0 N–H and O–H groups in total. The first-order chi connectivity index (χ1) is 10.7. The SMILES string of the molecule is CCOc1ccc(-c2cc(/C=C\C#N)ccc2[N+](=O)[O-])cc1. The average molecular weight is 294 g/mol. The second-order valence-electron chi connectivity index (χ2n) is 4.45. The van der Waals surface area contributed by atoms with Crippen LogP contribution in [0.4, 0.5) is 5.69 Å². The molecule has 2 aromatic carbocycles. The van der Waals surface area contributed by atoms with E-state index in [1.54, 1.807) is 42.5 Å². The molecule has 0 atom stereocenters. The zero-order valence-electron chi connectivity index (χ0n) is 12.0. The standard InChI is InChI=1S/C17H14N2O3/c1-2-22-15-8-6-14(7-9-15)16-12-13(4-3-11-18)5-10-17(16)19(20)21/h3-10,12H,2H2,1H3/b4-3-. The lowest BCUT2D eigenvalue weighted by Crippen LogP contribution is -1.94. The van der Waals surface area contributed by atoms with E-state index in [1.807, 2.05) is 13.0 Å². The van der Waals surface area contributed by atoms with Crippen LogP contribution in [0, 0.1) is 21.4 Å². The summed E-state index contributed by atoms with van der Waals surface area (Å²) in [5, 5.41) is 19.8. The van der Waals surface area contributed by atoms with Crippen LogP contribution >= 0.6 is 0 Å². The molecule has 5 nitrogen and oxygen atoms in total. The Labute approximate surface area is 128 Å². The third-order valence-electron chi connectivity index (χ3n) is 3.04. The number of hydrogen-bond donors (Lipinski definition) is 0. The molecule has 0 radical (unpaired) electrons. The molecule has 0 bridgehead atoms. The van der Waals surface area contributed by atoms with Gasteiger partial charge in [-0.05, 0) is 48.4 Å². The largest absolute Gasteiger partial charge is 0.494 e. The fourth-order valence-electron chi connectivity index (χ4n) is 2.08. The monoisotopic (exact) mass is 294 g/mol. The molecule has 2 rings (SSSR count). The van der Waals surface area contributed by atoms with Crippen LogP contribution in [0.25, 0.3) is 17.2 Å². The van der Waals surface area contributed by atoms with Gasteiger partial charge in [-0.15, -0.1) is 0 Å². The van der Waals surface area contributed by atoms with Crippen molar-refractivity contribution in [1.82, 2.24) is 0 Å². The topological polar surface area (TPSA) is 76.2 Å². The summed E-state index contributed by atoms with van der Waals surface area (Å²) in [7, 11) is 0. The van der Waals surface area contributed by atoms with Gasteiger partial charge in [-0.2, -0.15) is 5.26 Å². The van der Waals surface area contributed by atoms with Crippen molar-refractivity contribution in [2.75, 3.05) is 6.61 Å². The van der Waals surface area contributed by atoms with Gasteiger partial charge in [0.25, 0.3) is 5.69 Å². The first-order valence-electron chi connectivity index (χ1n) is 6.73. The summed E-state index contributed by atoms with van der Waals surface area (Å²) >= 11 is 0. The Morgan fingerprint density at radius 2 is 2.00 bits per heavy atom. The number of benzene rings is 2. The molecule has 0 aliphatic carbocycles. The molecular weight excluding hydrogens is 280 g/mol. The highest BCUT2D eigenvalue weighted by atomic mass is 16.6. The summed E-state index contributed by atoms with van der Waals surface area (Å²) in [5.74, 6) is 0.717. The van der Waals surface area contributed by atoms with Gasteiger partial charge in [-0.3, -0.25) is 10.1 Å². The Hall–Kier alpha value is -3.13. The molecule has 0 amide bonds. The maximum absolute atomic E-state index is 11.2. The number of nitro benzene ring substituents is 1. The summed E-state index contributed by atoms with van der Waals surface area (Å²) in [6, 6.07) is 13.8. The molecule has 0 saturated heterocycles. The van der Waals surface area contributed by atoms with E-state index in [-0.39, 0.29) is 5.69 Å². The number of hydrogen-bond acceptors (Lipinski definition) is 4. The molecule has 5 heteroatoms. The number of allylic oxidation sites excluding steroid dienone is 1. The smallest absolute Gasteiger partial charge is 0.277 e. The molecule has 0 aliphatic heterocycles. The van der Waals surface area contributed by atoms with Crippen LogP contribution in [0.5, 0.6) is 5.75 Å². The van der Waals surface area contributed by atoms with Gasteiger partial charge in [0.05, 0.1) is 23.2 Å². The Kier molecular flexibility index (Phi) is 4.89. The lowest BCUT2D eigenvalue weighted by molar-refractivity contribution is -0.384. The van der Waals surface area contributed by atoms with E-state index < -0.39 is 4.92 Å². The Bertz CT molecular complexity index is 743. The van der Waals surface area contributed by atoms with Crippen molar-refractivity contribution in [3.05, 3.63) is 64.2 Å². The number of ether oxygens (including phenoxy) is 1. The molecule has 0 saturated carbocycles. The molecule has 22 heavy (non-hydrogen) atoms. The van der Waals surface area contributed by atoms with E-state index in [0.717, 1.165) is 16.9 Å². The highest BCUT2D eigenvalue weighted by Crippen LogP contribution is 2.32. The highest BCUT2D eigenvalue weighted by molar-refractivity contribution is 5.76. The van der Waals surface area contributed by atoms with Gasteiger partial charge in [0, 0.05) is 12.1 Å². The lowest BCUT2D eigenvalue weighted by atomic mass is 10.0. The summed E-state index contributed by atoms with van der Waals surface area (Å²) in [5.41, 5.74) is 1.99. The lowest BCUT2D eigenvalue weighted by Gasteiger charge is -2.07. The predicted octanol–water partition coefficient (Wildman–Crippen LogP) is 4.20. The van der Waals surface area contributed by atoms with Crippen LogP contribution < -0.4 is 4.74 Å². The van der Waals surface area contributed by atoms with Crippen molar-refractivity contribution in [3.63, 3.8) is 0 Å². The number of rotatable bonds is 5. The van der Waals surface area contributed by atoms with Gasteiger partial charge in [-0.25, -0.2) is 0 Å². The number of nitriles is 1. The Morgan fingerprint density at radius 1 is 1.27 bits per heavy atom. The minimum Gasteiger partial charge on any atom is -0.494 e. The van der Waals surface area contributed by atoms with E-state index in [0.29, 0.717) is 12.2 Å². The van der Waals surface area contributed by atoms with Crippen LogP contribution in [0.15, 0.2) is 48.5 Å². The maximum atomic E-state index is 11.2. The quantitative estimate of drug-likeness (QED) is 0.470. The molecule has 110 valence electrons. The van der Waals surface area contributed by atoms with E-state index in [2.05, 4.69) is 0 Å². The van der Waals surface area contributed by atoms with Gasteiger partial charge >= 0.3 is 0 Å². The van der Waals surface area contributed by atoms with Crippen LogP contribution in [-0.4, -0.2) is 11.5 Å². The third kappa shape index (κ3) is 3.49. The molecule has 0 heterocycles. The van der Waals surface area contributed by atoms with Crippen molar-refractivity contribution < 1.29 is 9.66 Å². The van der Waals surface area contributed by atoms with Crippen molar-refractivity contribution in [2.24, 2.45) is 0 Å². The highest BCUT2D eigenvalue weighted by Gasteiger charge is 2.15. The molecule has 0 aromatic heterocycles. The van der Waals surface area contributed by atoms with Crippen molar-refractivity contribution >= 4 is 11.8 Å². The zero-order chi connectivity index (χ0) is 15.9. The van der Waals surface area contributed by atoms with Gasteiger partial charge in [0.15, 0.2) is 0 Å². The zero-order valence-corrected chi connectivity index (χ0v) is 12.0. The molecule has 0 unspecified atom stereocenters. The van der Waals surface area contributed by atoms with E-state index >= 15 is 0 Å². The second-order valence-corrected chi connectivity index (χ2v) is 4.45. The average Bonchev–Trinajstić information content (AvgIpc) is 2.53. The fraction of sp³-hybridized carbons (Fsp3) is 0.118. The normalized spacial score (nSPS) is 10.4. The molecule has 0 fully saturated rings. The van der Waals surface area contributed by atoms with Crippen LogP contribution in [-0.2, 0) is 0 Å². The second kappa shape index (κ2) is 7.04. The molecule has 0 spiro atoms. The molecular formula is C17H14N2O3. The number of nitrogens with zero attached hydrogens (tertiary/aromatic N) is 2. The van der Waals surface area contributed by atoms with Gasteiger partial charge in [0.2, 0.25) is 0 Å². The minimum absolute atomic E-state index is 0.0262. The van der Waals surface area contributed by atoms with Crippen LogP contribution in [0.3, 0.4) is 0 Å². The maximum Gasteiger partial charge on any atom is 0.277 e. The van der Waals surface area contributed by atoms with E-state index in [1.165, 1.54) is 12.1 Å².